The van der Waals surface area contributed by atoms with E-state index in [1.165, 1.54) is 0 Å². The third kappa shape index (κ3) is 2.02. The number of likely N-dealkylation sites (tertiary alicyclic amines) is 1. The number of hydrogen-bond donors (Lipinski definition) is 1. The maximum absolute atomic E-state index is 12.2. The number of halogens is 1. The molecule has 0 radical (unpaired) electrons. The van der Waals surface area contributed by atoms with Crippen LogP contribution in [0.2, 0.25) is 5.02 Å². The van der Waals surface area contributed by atoms with Crippen molar-refractivity contribution in [2.24, 2.45) is 5.92 Å². The first-order chi connectivity index (χ1) is 8.48. The van der Waals surface area contributed by atoms with Gasteiger partial charge in [0, 0.05) is 10.6 Å². The summed E-state index contributed by atoms with van der Waals surface area (Å²) in [5.74, 6) is 0.369. The molecule has 1 saturated heterocycles. The molecule has 1 aromatic carbocycles. The van der Waals surface area contributed by atoms with E-state index in [-0.39, 0.29) is 5.91 Å². The number of carbonyl (C=O) groups is 1. The molecular weight excluding hydrogens is 250 g/mol. The number of aliphatic hydroxyl groups is 1. The molecule has 0 bridgehead atoms. The van der Waals surface area contributed by atoms with Gasteiger partial charge in [0.15, 0.2) is 0 Å². The molecular formula is C14H16ClNO2. The second-order valence-corrected chi connectivity index (χ2v) is 5.99. The van der Waals surface area contributed by atoms with Crippen molar-refractivity contribution in [3.05, 3.63) is 34.3 Å². The zero-order chi connectivity index (χ0) is 12.9. The van der Waals surface area contributed by atoms with Crippen LogP contribution in [-0.4, -0.2) is 34.6 Å². The fourth-order valence-corrected chi connectivity index (χ4v) is 2.97. The number of aryl methyl sites for hydroxylation is 1. The van der Waals surface area contributed by atoms with E-state index in [4.69, 9.17) is 11.6 Å². The van der Waals surface area contributed by atoms with Crippen LogP contribution in [0, 0.1) is 12.8 Å². The number of β-amino-alcohol motifs (C(OH)–C–C–N with tert-alkyl or cyclic N) is 1. The minimum Gasteiger partial charge on any atom is -0.386 e. The molecule has 1 N–H and O–H groups in total. The molecule has 1 saturated carbocycles. The van der Waals surface area contributed by atoms with E-state index in [0.717, 1.165) is 18.4 Å². The lowest BCUT2D eigenvalue weighted by Gasteiger charge is -2.47. The van der Waals surface area contributed by atoms with Gasteiger partial charge in [-0.1, -0.05) is 11.6 Å². The van der Waals surface area contributed by atoms with Crippen LogP contribution in [0.4, 0.5) is 0 Å². The second kappa shape index (κ2) is 3.97. The fourth-order valence-electron chi connectivity index (χ4n) is 2.68. The summed E-state index contributed by atoms with van der Waals surface area (Å²) >= 11 is 5.96. The molecule has 3 nitrogen and oxygen atoms in total. The van der Waals surface area contributed by atoms with E-state index in [2.05, 4.69) is 0 Å². The lowest BCUT2D eigenvalue weighted by molar-refractivity contribution is -0.0958. The molecule has 2 aliphatic rings. The van der Waals surface area contributed by atoms with Crippen molar-refractivity contribution in [2.45, 2.75) is 25.4 Å². The molecule has 4 heteroatoms. The molecule has 3 rings (SSSR count). The Balaban J connectivity index is 1.72. The van der Waals surface area contributed by atoms with Crippen LogP contribution in [0.15, 0.2) is 18.2 Å². The van der Waals surface area contributed by atoms with Gasteiger partial charge in [0.2, 0.25) is 0 Å². The SMILES string of the molecule is Cc1cc(Cl)cc(C(=O)N2CC(O)(C3CC3)C2)c1. The maximum atomic E-state index is 12.2. The summed E-state index contributed by atoms with van der Waals surface area (Å²) in [6, 6.07) is 5.35. The topological polar surface area (TPSA) is 40.5 Å². The van der Waals surface area contributed by atoms with Gasteiger partial charge in [0.25, 0.3) is 5.91 Å². The molecule has 0 atom stereocenters. The highest BCUT2D eigenvalue weighted by molar-refractivity contribution is 6.31. The van der Waals surface area contributed by atoms with Crippen molar-refractivity contribution < 1.29 is 9.90 Å². The summed E-state index contributed by atoms with van der Waals surface area (Å²) in [6.07, 6.45) is 2.18. The van der Waals surface area contributed by atoms with Gasteiger partial charge in [-0.15, -0.1) is 0 Å². The third-order valence-electron chi connectivity index (χ3n) is 3.84. The van der Waals surface area contributed by atoms with Gasteiger partial charge >= 0.3 is 0 Å². The Kier molecular flexibility index (Phi) is 2.65. The minimum atomic E-state index is -0.622. The zero-order valence-electron chi connectivity index (χ0n) is 10.3. The van der Waals surface area contributed by atoms with Gasteiger partial charge in [-0.05, 0) is 49.4 Å². The standard InChI is InChI=1S/C14H16ClNO2/c1-9-4-10(6-12(15)5-9)13(17)16-7-14(18,8-16)11-2-3-11/h4-6,11,18H,2-3,7-8H2,1H3. The Morgan fingerprint density at radius 1 is 1.39 bits per heavy atom. The summed E-state index contributed by atoms with van der Waals surface area (Å²) in [5.41, 5.74) is 0.963. The molecule has 1 amide bonds. The lowest BCUT2D eigenvalue weighted by atomic mass is 9.88. The fraction of sp³-hybridized carbons (Fsp3) is 0.500. The highest BCUT2D eigenvalue weighted by atomic mass is 35.5. The summed E-state index contributed by atoms with van der Waals surface area (Å²) in [5, 5.41) is 10.8. The van der Waals surface area contributed by atoms with E-state index in [9.17, 15) is 9.90 Å². The van der Waals surface area contributed by atoms with Crippen LogP contribution in [0.3, 0.4) is 0 Å². The van der Waals surface area contributed by atoms with Gasteiger partial charge < -0.3 is 10.0 Å². The first-order valence-corrected chi connectivity index (χ1v) is 6.65. The molecule has 0 aromatic heterocycles. The number of benzene rings is 1. The van der Waals surface area contributed by atoms with E-state index in [0.29, 0.717) is 29.6 Å². The smallest absolute Gasteiger partial charge is 0.254 e. The van der Waals surface area contributed by atoms with Crippen molar-refractivity contribution in [3.8, 4) is 0 Å². The van der Waals surface area contributed by atoms with E-state index in [1.54, 1.807) is 11.0 Å². The van der Waals surface area contributed by atoms with Gasteiger partial charge in [0.05, 0.1) is 13.1 Å². The quantitative estimate of drug-likeness (QED) is 0.891. The molecule has 18 heavy (non-hydrogen) atoms. The number of amides is 1. The average Bonchev–Trinajstić information content (AvgIpc) is 3.06. The average molecular weight is 266 g/mol. The first-order valence-electron chi connectivity index (χ1n) is 6.27. The van der Waals surface area contributed by atoms with Crippen LogP contribution >= 0.6 is 11.6 Å². The molecule has 2 fully saturated rings. The molecule has 1 aliphatic heterocycles. The van der Waals surface area contributed by atoms with Crippen LogP contribution in [0.5, 0.6) is 0 Å². The van der Waals surface area contributed by atoms with Crippen LogP contribution in [-0.2, 0) is 0 Å². The summed E-state index contributed by atoms with van der Waals surface area (Å²) in [4.78, 5) is 13.9. The van der Waals surface area contributed by atoms with Crippen molar-refractivity contribution in [3.63, 3.8) is 0 Å². The van der Waals surface area contributed by atoms with Gasteiger partial charge in [-0.25, -0.2) is 0 Å². The van der Waals surface area contributed by atoms with Crippen molar-refractivity contribution in [1.29, 1.82) is 0 Å². The van der Waals surface area contributed by atoms with E-state index >= 15 is 0 Å². The van der Waals surface area contributed by atoms with E-state index < -0.39 is 5.60 Å². The third-order valence-corrected chi connectivity index (χ3v) is 4.06. The molecule has 0 unspecified atom stereocenters. The largest absolute Gasteiger partial charge is 0.386 e. The van der Waals surface area contributed by atoms with Gasteiger partial charge in [0.1, 0.15) is 5.60 Å². The van der Waals surface area contributed by atoms with Gasteiger partial charge in [-0.2, -0.15) is 0 Å². The Bertz CT molecular complexity index is 484. The minimum absolute atomic E-state index is 0.0362. The summed E-state index contributed by atoms with van der Waals surface area (Å²) < 4.78 is 0. The molecule has 1 heterocycles. The summed E-state index contributed by atoms with van der Waals surface area (Å²) in [6.45, 7) is 2.84. The Labute approximate surface area is 111 Å². The van der Waals surface area contributed by atoms with Crippen molar-refractivity contribution in [1.82, 2.24) is 4.90 Å². The first kappa shape index (κ1) is 12.0. The number of rotatable bonds is 2. The Hall–Kier alpha value is -1.06. The Morgan fingerprint density at radius 2 is 2.06 bits per heavy atom. The monoisotopic (exact) mass is 265 g/mol. The molecule has 1 aliphatic carbocycles. The number of hydrogen-bond acceptors (Lipinski definition) is 2. The molecule has 0 spiro atoms. The number of carbonyl (C=O) groups excluding carboxylic acids is 1. The molecule has 96 valence electrons. The normalized spacial score (nSPS) is 21.6. The predicted molar refractivity (Wildman–Crippen MR) is 69.8 cm³/mol. The lowest BCUT2D eigenvalue weighted by Crippen LogP contribution is -2.64. The second-order valence-electron chi connectivity index (χ2n) is 5.56. The predicted octanol–water partition coefficient (Wildman–Crippen LogP) is 2.25. The molecule has 1 aromatic rings. The van der Waals surface area contributed by atoms with Crippen molar-refractivity contribution >= 4 is 17.5 Å². The van der Waals surface area contributed by atoms with Crippen LogP contribution in [0.1, 0.15) is 28.8 Å². The van der Waals surface area contributed by atoms with Crippen LogP contribution in [0.25, 0.3) is 0 Å². The van der Waals surface area contributed by atoms with E-state index in [1.807, 2.05) is 19.1 Å². The maximum Gasteiger partial charge on any atom is 0.254 e. The highest BCUT2D eigenvalue weighted by Gasteiger charge is 2.53. The van der Waals surface area contributed by atoms with Crippen molar-refractivity contribution in [2.75, 3.05) is 13.1 Å². The highest BCUT2D eigenvalue weighted by Crippen LogP contribution is 2.44. The van der Waals surface area contributed by atoms with Gasteiger partial charge in [-0.3, -0.25) is 4.79 Å². The Morgan fingerprint density at radius 3 is 2.61 bits per heavy atom. The van der Waals surface area contributed by atoms with Crippen LogP contribution < -0.4 is 0 Å². The number of nitrogens with zero attached hydrogens (tertiary/aromatic N) is 1. The zero-order valence-corrected chi connectivity index (χ0v) is 11.1. The summed E-state index contributed by atoms with van der Waals surface area (Å²) in [7, 11) is 0.